The number of ether oxygens (including phenoxy) is 1. The zero-order valence-corrected chi connectivity index (χ0v) is 13.4. The van der Waals surface area contributed by atoms with E-state index in [1.165, 1.54) is 0 Å². The molecule has 0 aliphatic carbocycles. The Morgan fingerprint density at radius 1 is 1.20 bits per heavy atom. The van der Waals surface area contributed by atoms with Gasteiger partial charge in [0.1, 0.15) is 5.75 Å². The molecule has 1 N–H and O–H groups in total. The van der Waals surface area contributed by atoms with Crippen LogP contribution in [0.4, 0.5) is 0 Å². The minimum atomic E-state index is 0.624. The molecule has 0 radical (unpaired) electrons. The molecule has 0 spiro atoms. The van der Waals surface area contributed by atoms with Gasteiger partial charge in [-0.25, -0.2) is 4.98 Å². The first-order chi connectivity index (χ1) is 9.66. The first-order valence-corrected chi connectivity index (χ1v) is 7.53. The topological polar surface area (TPSA) is 34.2 Å². The summed E-state index contributed by atoms with van der Waals surface area (Å²) in [6, 6.07) is 11.7. The van der Waals surface area contributed by atoms with Crippen LogP contribution in [0.25, 0.3) is 0 Å². The van der Waals surface area contributed by atoms with Gasteiger partial charge in [0.25, 0.3) is 0 Å². The Balaban J connectivity index is 2.10. The number of nitrogens with zero attached hydrogens (tertiary/aromatic N) is 1. The van der Waals surface area contributed by atoms with Gasteiger partial charge in [0.2, 0.25) is 5.88 Å². The molecule has 0 fully saturated rings. The van der Waals surface area contributed by atoms with Crippen molar-refractivity contribution in [2.45, 2.75) is 20.4 Å². The van der Waals surface area contributed by atoms with Crippen LogP contribution in [0.2, 0.25) is 0 Å². The Hall–Kier alpha value is -1.39. The number of benzene rings is 1. The molecule has 1 aromatic heterocycles. The van der Waals surface area contributed by atoms with Crippen LogP contribution in [0.5, 0.6) is 11.6 Å². The molecular weight excluding hydrogens is 316 g/mol. The number of nitrogens with one attached hydrogen (secondary N) is 1. The van der Waals surface area contributed by atoms with Crippen molar-refractivity contribution in [3.8, 4) is 11.6 Å². The highest BCUT2D eigenvalue weighted by atomic mass is 79.9. The lowest BCUT2D eigenvalue weighted by molar-refractivity contribution is 0.447. The normalized spacial score (nSPS) is 10.8. The Morgan fingerprint density at radius 3 is 2.75 bits per heavy atom. The summed E-state index contributed by atoms with van der Waals surface area (Å²) in [6.07, 6.45) is 1.75. The molecule has 1 aromatic carbocycles. The van der Waals surface area contributed by atoms with Gasteiger partial charge in [0, 0.05) is 18.3 Å². The monoisotopic (exact) mass is 334 g/mol. The maximum Gasteiger partial charge on any atom is 0.223 e. The summed E-state index contributed by atoms with van der Waals surface area (Å²) in [6.45, 7) is 6.11. The predicted octanol–water partition coefficient (Wildman–Crippen LogP) is 4.38. The van der Waals surface area contributed by atoms with E-state index in [0.717, 1.165) is 28.9 Å². The summed E-state index contributed by atoms with van der Waals surface area (Å²) >= 11 is 3.48. The summed E-state index contributed by atoms with van der Waals surface area (Å²) < 4.78 is 6.82. The van der Waals surface area contributed by atoms with E-state index in [4.69, 9.17) is 4.74 Å². The van der Waals surface area contributed by atoms with Crippen LogP contribution < -0.4 is 10.1 Å². The average Bonchev–Trinajstić information content (AvgIpc) is 2.43. The summed E-state index contributed by atoms with van der Waals surface area (Å²) in [5.74, 6) is 2.05. The quantitative estimate of drug-likeness (QED) is 0.851. The second-order valence-electron chi connectivity index (χ2n) is 5.02. The Kier molecular flexibility index (Phi) is 5.56. The van der Waals surface area contributed by atoms with Gasteiger partial charge in [-0.3, -0.25) is 0 Å². The van der Waals surface area contributed by atoms with Crippen molar-refractivity contribution >= 4 is 15.9 Å². The summed E-state index contributed by atoms with van der Waals surface area (Å²) in [4.78, 5) is 4.33. The van der Waals surface area contributed by atoms with Crippen molar-refractivity contribution in [2.75, 3.05) is 6.54 Å². The van der Waals surface area contributed by atoms with Crippen molar-refractivity contribution in [2.24, 2.45) is 5.92 Å². The second-order valence-corrected chi connectivity index (χ2v) is 5.88. The van der Waals surface area contributed by atoms with Crippen LogP contribution in [0.3, 0.4) is 0 Å². The Bertz CT molecular complexity index is 558. The standard InChI is InChI=1S/C16H19BrN2O/c1-12(2)10-18-11-13-6-5-9-19-16(13)20-15-8-4-3-7-14(15)17/h3-9,12,18H,10-11H2,1-2H3. The lowest BCUT2D eigenvalue weighted by Crippen LogP contribution is -2.19. The van der Waals surface area contributed by atoms with Gasteiger partial charge >= 0.3 is 0 Å². The third-order valence-corrected chi connectivity index (χ3v) is 3.42. The summed E-state index contributed by atoms with van der Waals surface area (Å²) in [5.41, 5.74) is 1.06. The van der Waals surface area contributed by atoms with Crippen LogP contribution in [-0.4, -0.2) is 11.5 Å². The fourth-order valence-electron chi connectivity index (χ4n) is 1.78. The number of hydrogen-bond donors (Lipinski definition) is 1. The SMILES string of the molecule is CC(C)CNCc1cccnc1Oc1ccccc1Br. The van der Waals surface area contributed by atoms with Crippen molar-refractivity contribution in [1.82, 2.24) is 10.3 Å². The van der Waals surface area contributed by atoms with E-state index in [1.54, 1.807) is 6.20 Å². The number of halogens is 1. The van der Waals surface area contributed by atoms with E-state index < -0.39 is 0 Å². The molecule has 20 heavy (non-hydrogen) atoms. The molecule has 2 aromatic rings. The minimum absolute atomic E-state index is 0.624. The van der Waals surface area contributed by atoms with Crippen LogP contribution in [-0.2, 0) is 6.54 Å². The molecule has 3 nitrogen and oxygen atoms in total. The van der Waals surface area contributed by atoms with E-state index in [9.17, 15) is 0 Å². The van der Waals surface area contributed by atoms with E-state index in [2.05, 4.69) is 40.1 Å². The highest BCUT2D eigenvalue weighted by Crippen LogP contribution is 2.29. The van der Waals surface area contributed by atoms with Gasteiger partial charge in [-0.2, -0.15) is 0 Å². The molecule has 2 rings (SSSR count). The molecule has 0 bridgehead atoms. The maximum absolute atomic E-state index is 5.90. The van der Waals surface area contributed by atoms with Crippen LogP contribution in [0.1, 0.15) is 19.4 Å². The van der Waals surface area contributed by atoms with Crippen molar-refractivity contribution in [3.05, 3.63) is 52.6 Å². The number of hydrogen-bond acceptors (Lipinski definition) is 3. The zero-order valence-electron chi connectivity index (χ0n) is 11.8. The molecule has 0 unspecified atom stereocenters. The van der Waals surface area contributed by atoms with Gasteiger partial charge in [-0.05, 0) is 46.6 Å². The molecular formula is C16H19BrN2O. The van der Waals surface area contributed by atoms with Crippen molar-refractivity contribution < 1.29 is 4.74 Å². The summed E-state index contributed by atoms with van der Waals surface area (Å²) in [7, 11) is 0. The highest BCUT2D eigenvalue weighted by Gasteiger charge is 2.08. The van der Waals surface area contributed by atoms with E-state index in [0.29, 0.717) is 11.8 Å². The lowest BCUT2D eigenvalue weighted by atomic mass is 10.2. The largest absolute Gasteiger partial charge is 0.438 e. The van der Waals surface area contributed by atoms with Gasteiger partial charge in [0.15, 0.2) is 0 Å². The number of rotatable bonds is 6. The van der Waals surface area contributed by atoms with Gasteiger partial charge in [-0.1, -0.05) is 32.0 Å². The molecule has 0 saturated heterocycles. The third kappa shape index (κ3) is 4.32. The molecule has 4 heteroatoms. The fourth-order valence-corrected chi connectivity index (χ4v) is 2.14. The van der Waals surface area contributed by atoms with Gasteiger partial charge < -0.3 is 10.1 Å². The molecule has 0 aliphatic heterocycles. The third-order valence-electron chi connectivity index (χ3n) is 2.76. The Labute approximate surface area is 128 Å². The minimum Gasteiger partial charge on any atom is -0.438 e. The van der Waals surface area contributed by atoms with Crippen molar-refractivity contribution in [3.63, 3.8) is 0 Å². The molecule has 0 amide bonds. The number of pyridine rings is 1. The van der Waals surface area contributed by atoms with Crippen LogP contribution in [0, 0.1) is 5.92 Å². The molecule has 106 valence electrons. The lowest BCUT2D eigenvalue weighted by Gasteiger charge is -2.12. The summed E-state index contributed by atoms with van der Waals surface area (Å²) in [5, 5.41) is 3.41. The van der Waals surface area contributed by atoms with Gasteiger partial charge in [0.05, 0.1) is 4.47 Å². The van der Waals surface area contributed by atoms with E-state index in [1.807, 2.05) is 36.4 Å². The maximum atomic E-state index is 5.90. The smallest absolute Gasteiger partial charge is 0.223 e. The predicted molar refractivity (Wildman–Crippen MR) is 85.0 cm³/mol. The fraction of sp³-hybridized carbons (Fsp3) is 0.312. The zero-order chi connectivity index (χ0) is 14.4. The second kappa shape index (κ2) is 7.41. The molecule has 1 heterocycles. The molecule has 0 aliphatic rings. The molecule has 0 atom stereocenters. The number of aromatic nitrogens is 1. The first-order valence-electron chi connectivity index (χ1n) is 6.74. The average molecular weight is 335 g/mol. The van der Waals surface area contributed by atoms with Crippen LogP contribution >= 0.6 is 15.9 Å². The van der Waals surface area contributed by atoms with Crippen molar-refractivity contribution in [1.29, 1.82) is 0 Å². The van der Waals surface area contributed by atoms with Crippen LogP contribution in [0.15, 0.2) is 47.1 Å². The van der Waals surface area contributed by atoms with E-state index in [-0.39, 0.29) is 0 Å². The van der Waals surface area contributed by atoms with Gasteiger partial charge in [-0.15, -0.1) is 0 Å². The first kappa shape index (κ1) is 15.0. The Morgan fingerprint density at radius 2 is 2.00 bits per heavy atom. The molecule has 0 saturated carbocycles. The number of para-hydroxylation sites is 1. The highest BCUT2D eigenvalue weighted by molar-refractivity contribution is 9.10. The van der Waals surface area contributed by atoms with E-state index >= 15 is 0 Å².